The van der Waals surface area contributed by atoms with Crippen molar-refractivity contribution in [3.05, 3.63) is 35.9 Å². The van der Waals surface area contributed by atoms with Crippen LogP contribution < -0.4 is 0 Å². The summed E-state index contributed by atoms with van der Waals surface area (Å²) < 4.78 is 0. The standard InChI is InChI=1S/C16H25Si/c1-2-3-7-12-17-13-10-16(11-14-17)15-8-5-4-6-9-15/h4-6,8-9,16H,2-3,7,10-14H2,1H3. The van der Waals surface area contributed by atoms with E-state index < -0.39 is 0 Å². The monoisotopic (exact) mass is 245 g/mol. The number of rotatable bonds is 5. The van der Waals surface area contributed by atoms with Crippen molar-refractivity contribution >= 4 is 8.80 Å². The van der Waals surface area contributed by atoms with Gasteiger partial charge in [-0.2, -0.15) is 0 Å². The molecule has 0 bridgehead atoms. The third-order valence-corrected chi connectivity index (χ3v) is 7.15. The quantitative estimate of drug-likeness (QED) is 0.491. The highest BCUT2D eigenvalue weighted by Gasteiger charge is 2.22. The Labute approximate surface area is 108 Å². The van der Waals surface area contributed by atoms with E-state index in [9.17, 15) is 0 Å². The molecule has 0 nitrogen and oxygen atoms in total. The minimum Gasteiger partial charge on any atom is -0.0654 e. The Morgan fingerprint density at radius 1 is 1.06 bits per heavy atom. The van der Waals surface area contributed by atoms with E-state index in [1.54, 1.807) is 23.7 Å². The molecule has 1 radical (unpaired) electrons. The van der Waals surface area contributed by atoms with Crippen LogP contribution in [0.4, 0.5) is 0 Å². The van der Waals surface area contributed by atoms with E-state index in [4.69, 9.17) is 0 Å². The molecule has 0 N–H and O–H groups in total. The van der Waals surface area contributed by atoms with Gasteiger partial charge in [-0.15, -0.1) is 0 Å². The third-order valence-electron chi connectivity index (χ3n) is 4.10. The average Bonchev–Trinajstić information content (AvgIpc) is 2.41. The van der Waals surface area contributed by atoms with Crippen LogP contribution in [0.3, 0.4) is 0 Å². The summed E-state index contributed by atoms with van der Waals surface area (Å²) in [6.45, 7) is 2.31. The zero-order chi connectivity index (χ0) is 11.9. The largest absolute Gasteiger partial charge is 0.0654 e. The maximum Gasteiger partial charge on any atom is 0.0479 e. The summed E-state index contributed by atoms with van der Waals surface area (Å²) in [5.74, 6) is 0.871. The van der Waals surface area contributed by atoms with Crippen LogP contribution in [0, 0.1) is 0 Å². The summed E-state index contributed by atoms with van der Waals surface area (Å²) >= 11 is 0. The van der Waals surface area contributed by atoms with Crippen LogP contribution in [0.1, 0.15) is 50.5 Å². The summed E-state index contributed by atoms with van der Waals surface area (Å²) in [6, 6.07) is 15.9. The van der Waals surface area contributed by atoms with Crippen LogP contribution in [-0.2, 0) is 0 Å². The molecule has 0 spiro atoms. The zero-order valence-corrected chi connectivity index (χ0v) is 12.1. The Kier molecular flexibility index (Phi) is 5.31. The predicted octanol–water partition coefficient (Wildman–Crippen LogP) is 5.25. The van der Waals surface area contributed by atoms with Gasteiger partial charge >= 0.3 is 0 Å². The molecule has 1 aliphatic heterocycles. The lowest BCUT2D eigenvalue weighted by atomic mass is 9.94. The molecule has 0 aliphatic carbocycles. The number of unbranched alkanes of at least 4 members (excludes halogenated alkanes) is 2. The first-order valence-corrected chi connectivity index (χ1v) is 9.40. The van der Waals surface area contributed by atoms with Crippen LogP contribution in [0.5, 0.6) is 0 Å². The Morgan fingerprint density at radius 3 is 2.41 bits per heavy atom. The van der Waals surface area contributed by atoms with Gasteiger partial charge in [0.15, 0.2) is 0 Å². The van der Waals surface area contributed by atoms with E-state index in [0.717, 1.165) is 5.92 Å². The minimum absolute atomic E-state index is 0.0399. The lowest BCUT2D eigenvalue weighted by molar-refractivity contribution is 0.603. The molecule has 1 heterocycles. The highest BCUT2D eigenvalue weighted by atomic mass is 28.3. The lowest BCUT2D eigenvalue weighted by Crippen LogP contribution is -2.20. The lowest BCUT2D eigenvalue weighted by Gasteiger charge is -2.27. The van der Waals surface area contributed by atoms with Crippen LogP contribution in [0.25, 0.3) is 0 Å². The van der Waals surface area contributed by atoms with Crippen molar-refractivity contribution in [3.63, 3.8) is 0 Å². The first kappa shape index (κ1) is 12.9. The molecule has 1 aromatic rings. The molecular weight excluding hydrogens is 220 g/mol. The fraction of sp³-hybridized carbons (Fsp3) is 0.625. The third kappa shape index (κ3) is 3.99. The Hall–Kier alpha value is -0.563. The topological polar surface area (TPSA) is 0 Å². The first-order chi connectivity index (χ1) is 8.40. The van der Waals surface area contributed by atoms with Crippen molar-refractivity contribution in [2.45, 2.75) is 63.1 Å². The summed E-state index contributed by atoms with van der Waals surface area (Å²) in [7, 11) is 0.0399. The SMILES string of the molecule is CCCCC[Si]1CCC(c2ccccc2)CC1. The van der Waals surface area contributed by atoms with E-state index in [1.165, 1.54) is 32.1 Å². The van der Waals surface area contributed by atoms with Gasteiger partial charge in [0.2, 0.25) is 0 Å². The van der Waals surface area contributed by atoms with Gasteiger partial charge in [-0.05, 0) is 24.3 Å². The van der Waals surface area contributed by atoms with Crippen molar-refractivity contribution < 1.29 is 0 Å². The number of hydrogen-bond donors (Lipinski definition) is 0. The summed E-state index contributed by atoms with van der Waals surface area (Å²) in [6.07, 6.45) is 7.26. The predicted molar refractivity (Wildman–Crippen MR) is 78.1 cm³/mol. The van der Waals surface area contributed by atoms with E-state index in [-0.39, 0.29) is 8.80 Å². The van der Waals surface area contributed by atoms with Gasteiger partial charge in [0.05, 0.1) is 0 Å². The molecule has 0 amide bonds. The maximum absolute atomic E-state index is 2.32. The molecule has 1 fully saturated rings. The second-order valence-electron chi connectivity index (χ2n) is 5.39. The van der Waals surface area contributed by atoms with E-state index in [1.807, 2.05) is 0 Å². The van der Waals surface area contributed by atoms with Gasteiger partial charge in [-0.25, -0.2) is 0 Å². The molecule has 1 aliphatic rings. The number of benzene rings is 1. The Bertz CT molecular complexity index is 299. The molecule has 1 saturated heterocycles. The summed E-state index contributed by atoms with van der Waals surface area (Å²) in [5.41, 5.74) is 1.59. The van der Waals surface area contributed by atoms with Crippen molar-refractivity contribution in [2.24, 2.45) is 0 Å². The van der Waals surface area contributed by atoms with E-state index >= 15 is 0 Å². The molecule has 17 heavy (non-hydrogen) atoms. The van der Waals surface area contributed by atoms with Gasteiger partial charge in [-0.1, -0.05) is 74.7 Å². The van der Waals surface area contributed by atoms with Crippen molar-refractivity contribution in [2.75, 3.05) is 0 Å². The zero-order valence-electron chi connectivity index (χ0n) is 11.1. The van der Waals surface area contributed by atoms with Crippen molar-refractivity contribution in [1.29, 1.82) is 0 Å². The highest BCUT2D eigenvalue weighted by molar-refractivity contribution is 6.59. The summed E-state index contributed by atoms with van der Waals surface area (Å²) in [4.78, 5) is 0. The Balaban J connectivity index is 1.74. The van der Waals surface area contributed by atoms with Crippen LogP contribution in [-0.4, -0.2) is 8.80 Å². The van der Waals surface area contributed by atoms with Crippen molar-refractivity contribution in [3.8, 4) is 0 Å². The van der Waals surface area contributed by atoms with Crippen LogP contribution in [0.15, 0.2) is 30.3 Å². The van der Waals surface area contributed by atoms with Gasteiger partial charge in [0, 0.05) is 8.80 Å². The first-order valence-electron chi connectivity index (χ1n) is 7.28. The van der Waals surface area contributed by atoms with Crippen molar-refractivity contribution in [1.82, 2.24) is 0 Å². The van der Waals surface area contributed by atoms with Crippen LogP contribution in [0.2, 0.25) is 18.1 Å². The van der Waals surface area contributed by atoms with Crippen LogP contribution >= 0.6 is 0 Å². The fourth-order valence-electron chi connectivity index (χ4n) is 2.96. The molecule has 0 unspecified atom stereocenters. The second-order valence-corrected chi connectivity index (χ2v) is 8.39. The molecule has 1 heteroatoms. The van der Waals surface area contributed by atoms with E-state index in [0.29, 0.717) is 0 Å². The minimum atomic E-state index is 0.0399. The molecule has 2 rings (SSSR count). The molecule has 1 aromatic carbocycles. The smallest absolute Gasteiger partial charge is 0.0479 e. The van der Waals surface area contributed by atoms with Gasteiger partial charge in [0.1, 0.15) is 0 Å². The Morgan fingerprint density at radius 2 is 1.76 bits per heavy atom. The van der Waals surface area contributed by atoms with Gasteiger partial charge < -0.3 is 0 Å². The molecule has 0 aromatic heterocycles. The average molecular weight is 245 g/mol. The van der Waals surface area contributed by atoms with Gasteiger partial charge in [-0.3, -0.25) is 0 Å². The normalized spacial score (nSPS) is 18.4. The van der Waals surface area contributed by atoms with Gasteiger partial charge in [0.25, 0.3) is 0 Å². The number of hydrogen-bond acceptors (Lipinski definition) is 0. The fourth-order valence-corrected chi connectivity index (χ4v) is 5.97. The summed E-state index contributed by atoms with van der Waals surface area (Å²) in [5, 5.41) is 0. The molecule has 93 valence electrons. The molecular formula is C16H25Si. The van der Waals surface area contributed by atoms with E-state index in [2.05, 4.69) is 37.3 Å². The maximum atomic E-state index is 2.32. The highest BCUT2D eigenvalue weighted by Crippen LogP contribution is 2.34. The molecule has 0 atom stereocenters. The second kappa shape index (κ2) is 7.00. The molecule has 0 saturated carbocycles.